The van der Waals surface area contributed by atoms with Crippen LogP contribution in [0.1, 0.15) is 24.2 Å². The first-order valence-electron chi connectivity index (χ1n) is 5.75. The zero-order valence-corrected chi connectivity index (χ0v) is 11.5. The molecule has 3 nitrogen and oxygen atoms in total. The largest absolute Gasteiger partial charge is 0.388 e. The summed E-state index contributed by atoms with van der Waals surface area (Å²) in [6.45, 7) is 2.77. The van der Waals surface area contributed by atoms with Crippen LogP contribution in [0.15, 0.2) is 30.6 Å². The fourth-order valence-corrected chi connectivity index (χ4v) is 2.31. The molecule has 1 aromatic carbocycles. The van der Waals surface area contributed by atoms with E-state index in [1.165, 1.54) is 0 Å². The second-order valence-electron chi connectivity index (χ2n) is 4.05. The molecule has 18 heavy (non-hydrogen) atoms. The summed E-state index contributed by atoms with van der Waals surface area (Å²) in [5.74, 6) is 0. The lowest BCUT2D eigenvalue weighted by Gasteiger charge is -2.11. The highest BCUT2D eigenvalue weighted by molar-refractivity contribution is 6.35. The smallest absolute Gasteiger partial charge is 0.0861 e. The molecular formula is C13H14Cl2N2O. The van der Waals surface area contributed by atoms with Crippen LogP contribution in [0.3, 0.4) is 0 Å². The lowest BCUT2D eigenvalue weighted by atomic mass is 10.0. The summed E-state index contributed by atoms with van der Waals surface area (Å²) in [4.78, 5) is 0. The van der Waals surface area contributed by atoms with Gasteiger partial charge in [-0.1, -0.05) is 29.3 Å². The molecule has 1 heterocycles. The number of halogens is 2. The molecule has 0 saturated heterocycles. The van der Waals surface area contributed by atoms with E-state index in [1.54, 1.807) is 29.1 Å². The Labute approximate surface area is 116 Å². The van der Waals surface area contributed by atoms with Gasteiger partial charge in [0, 0.05) is 34.8 Å². The van der Waals surface area contributed by atoms with Crippen molar-refractivity contribution in [1.29, 1.82) is 0 Å². The molecule has 1 N–H and O–H groups in total. The average molecular weight is 285 g/mol. The van der Waals surface area contributed by atoms with Crippen LogP contribution in [0.4, 0.5) is 0 Å². The van der Waals surface area contributed by atoms with Crippen molar-refractivity contribution in [3.63, 3.8) is 0 Å². The Kier molecular flexibility index (Phi) is 4.27. The summed E-state index contributed by atoms with van der Waals surface area (Å²) in [6, 6.07) is 5.32. The van der Waals surface area contributed by atoms with E-state index in [0.29, 0.717) is 16.5 Å². The number of aliphatic hydroxyl groups is 1. The number of nitrogens with zero attached hydrogens (tertiary/aromatic N) is 2. The van der Waals surface area contributed by atoms with Gasteiger partial charge in [-0.3, -0.25) is 4.68 Å². The lowest BCUT2D eigenvalue weighted by Crippen LogP contribution is -2.02. The van der Waals surface area contributed by atoms with Crippen molar-refractivity contribution in [2.45, 2.75) is 26.0 Å². The van der Waals surface area contributed by atoms with Crippen LogP contribution in [0.2, 0.25) is 10.0 Å². The van der Waals surface area contributed by atoms with Gasteiger partial charge in [0.1, 0.15) is 0 Å². The zero-order valence-electron chi connectivity index (χ0n) is 9.98. The summed E-state index contributed by atoms with van der Waals surface area (Å²) in [6.07, 6.45) is 3.23. The Balaban J connectivity index is 2.18. The minimum absolute atomic E-state index is 0.383. The van der Waals surface area contributed by atoms with Crippen LogP contribution in [0.5, 0.6) is 0 Å². The number of aryl methyl sites for hydroxylation is 1. The quantitative estimate of drug-likeness (QED) is 0.933. The molecule has 2 aromatic rings. The summed E-state index contributed by atoms with van der Waals surface area (Å²) in [5.41, 5.74) is 1.53. The van der Waals surface area contributed by atoms with Gasteiger partial charge in [-0.05, 0) is 24.6 Å². The van der Waals surface area contributed by atoms with Crippen molar-refractivity contribution >= 4 is 23.2 Å². The van der Waals surface area contributed by atoms with Crippen LogP contribution in [-0.4, -0.2) is 14.9 Å². The molecule has 0 saturated carbocycles. The molecule has 1 unspecified atom stereocenters. The number of hydrogen-bond acceptors (Lipinski definition) is 2. The molecule has 5 heteroatoms. The topological polar surface area (TPSA) is 38.0 Å². The number of aromatic nitrogens is 2. The average Bonchev–Trinajstić information content (AvgIpc) is 2.82. The van der Waals surface area contributed by atoms with Crippen molar-refractivity contribution in [1.82, 2.24) is 9.78 Å². The van der Waals surface area contributed by atoms with E-state index in [2.05, 4.69) is 5.10 Å². The molecule has 0 fully saturated rings. The summed E-state index contributed by atoms with van der Waals surface area (Å²) in [7, 11) is 0. The van der Waals surface area contributed by atoms with E-state index < -0.39 is 6.10 Å². The van der Waals surface area contributed by atoms with Crippen molar-refractivity contribution in [2.75, 3.05) is 0 Å². The molecule has 0 spiro atoms. The third-order valence-electron chi connectivity index (χ3n) is 2.82. The SMILES string of the molecule is CCn1cc(C(O)Cc2c(Cl)cccc2Cl)cn1. The van der Waals surface area contributed by atoms with Gasteiger partial charge in [-0.25, -0.2) is 0 Å². The first kappa shape index (κ1) is 13.4. The third-order valence-corrected chi connectivity index (χ3v) is 3.53. The summed E-state index contributed by atoms with van der Waals surface area (Å²) < 4.78 is 1.77. The highest BCUT2D eigenvalue weighted by Crippen LogP contribution is 2.29. The third kappa shape index (κ3) is 2.86. The van der Waals surface area contributed by atoms with E-state index >= 15 is 0 Å². The maximum absolute atomic E-state index is 10.2. The maximum Gasteiger partial charge on any atom is 0.0861 e. The van der Waals surface area contributed by atoms with Crippen LogP contribution >= 0.6 is 23.2 Å². The second kappa shape index (κ2) is 5.74. The highest BCUT2D eigenvalue weighted by Gasteiger charge is 2.14. The summed E-state index contributed by atoms with van der Waals surface area (Å²) >= 11 is 12.2. The van der Waals surface area contributed by atoms with Crippen molar-refractivity contribution < 1.29 is 5.11 Å². The molecule has 0 amide bonds. The van der Waals surface area contributed by atoms with Crippen LogP contribution in [0, 0.1) is 0 Å². The van der Waals surface area contributed by atoms with Gasteiger partial charge < -0.3 is 5.11 Å². The van der Waals surface area contributed by atoms with Crippen molar-refractivity contribution in [3.8, 4) is 0 Å². The fraction of sp³-hybridized carbons (Fsp3) is 0.308. The Hall–Kier alpha value is -1.03. The van der Waals surface area contributed by atoms with Gasteiger partial charge >= 0.3 is 0 Å². The van der Waals surface area contributed by atoms with Gasteiger partial charge in [-0.15, -0.1) is 0 Å². The Bertz CT molecular complexity index is 519. The molecule has 0 radical (unpaired) electrons. The first-order valence-corrected chi connectivity index (χ1v) is 6.50. The normalized spacial score (nSPS) is 12.7. The van der Waals surface area contributed by atoms with E-state index in [9.17, 15) is 5.11 Å². The van der Waals surface area contributed by atoms with E-state index in [4.69, 9.17) is 23.2 Å². The molecular weight excluding hydrogens is 271 g/mol. The predicted molar refractivity (Wildman–Crippen MR) is 73.0 cm³/mol. The molecule has 0 aliphatic carbocycles. The Morgan fingerprint density at radius 2 is 2.00 bits per heavy atom. The van der Waals surface area contributed by atoms with Gasteiger partial charge in [-0.2, -0.15) is 5.10 Å². The Morgan fingerprint density at radius 3 is 2.56 bits per heavy atom. The zero-order chi connectivity index (χ0) is 13.1. The molecule has 0 aliphatic heterocycles. The van der Waals surface area contributed by atoms with E-state index in [0.717, 1.165) is 17.7 Å². The van der Waals surface area contributed by atoms with Crippen molar-refractivity contribution in [3.05, 3.63) is 51.8 Å². The highest BCUT2D eigenvalue weighted by atomic mass is 35.5. The number of hydrogen-bond donors (Lipinski definition) is 1. The van der Waals surface area contributed by atoms with E-state index in [-0.39, 0.29) is 0 Å². The van der Waals surface area contributed by atoms with Crippen LogP contribution in [-0.2, 0) is 13.0 Å². The number of benzene rings is 1. The number of aliphatic hydroxyl groups excluding tert-OH is 1. The molecule has 1 atom stereocenters. The molecule has 2 rings (SSSR count). The molecule has 0 aliphatic rings. The number of rotatable bonds is 4. The fourth-order valence-electron chi connectivity index (χ4n) is 1.76. The maximum atomic E-state index is 10.2. The van der Waals surface area contributed by atoms with Gasteiger partial charge in [0.25, 0.3) is 0 Å². The van der Waals surface area contributed by atoms with Crippen molar-refractivity contribution in [2.24, 2.45) is 0 Å². The minimum Gasteiger partial charge on any atom is -0.388 e. The van der Waals surface area contributed by atoms with Gasteiger partial charge in [0.15, 0.2) is 0 Å². The van der Waals surface area contributed by atoms with Gasteiger partial charge in [0.05, 0.1) is 12.3 Å². The van der Waals surface area contributed by atoms with Gasteiger partial charge in [0.2, 0.25) is 0 Å². The Morgan fingerprint density at radius 1 is 1.33 bits per heavy atom. The van der Waals surface area contributed by atoms with E-state index in [1.807, 2.05) is 13.1 Å². The first-order chi connectivity index (χ1) is 8.61. The standard InChI is InChI=1S/C13H14Cl2N2O/c1-2-17-8-9(7-16-17)13(18)6-10-11(14)4-3-5-12(10)15/h3-5,7-8,13,18H,2,6H2,1H3. The summed E-state index contributed by atoms with van der Waals surface area (Å²) in [5, 5.41) is 15.4. The molecule has 1 aromatic heterocycles. The van der Waals surface area contributed by atoms with Crippen LogP contribution < -0.4 is 0 Å². The predicted octanol–water partition coefficient (Wildman–Crippen LogP) is 3.49. The minimum atomic E-state index is -0.650. The molecule has 96 valence electrons. The van der Waals surface area contributed by atoms with Crippen LogP contribution in [0.25, 0.3) is 0 Å². The monoisotopic (exact) mass is 284 g/mol. The lowest BCUT2D eigenvalue weighted by molar-refractivity contribution is 0.178. The second-order valence-corrected chi connectivity index (χ2v) is 4.86. The molecule has 0 bridgehead atoms.